The van der Waals surface area contributed by atoms with E-state index in [0.717, 1.165) is 16.7 Å². The van der Waals surface area contributed by atoms with Gasteiger partial charge >= 0.3 is 0 Å². The number of nitrogens with zero attached hydrogens (tertiary/aromatic N) is 1. The van der Waals surface area contributed by atoms with Crippen LogP contribution in [0.25, 0.3) is 5.76 Å². The number of aryl methyl sites for hydroxylation is 3. The highest BCUT2D eigenvalue weighted by Gasteiger charge is 2.47. The van der Waals surface area contributed by atoms with E-state index in [0.29, 0.717) is 28.3 Å². The highest BCUT2D eigenvalue weighted by atomic mass is 16.5. The number of carbonyl (C=O) groups excluding carboxylic acids is 2. The van der Waals surface area contributed by atoms with Crippen molar-refractivity contribution in [3.05, 3.63) is 94.1 Å². The van der Waals surface area contributed by atoms with Gasteiger partial charge in [-0.25, -0.2) is 0 Å². The number of rotatable bonds is 5. The fraction of sp³-hybridized carbons (Fsp3) is 0.214. The van der Waals surface area contributed by atoms with Crippen molar-refractivity contribution in [2.45, 2.75) is 26.8 Å². The van der Waals surface area contributed by atoms with Crippen molar-refractivity contribution in [2.24, 2.45) is 0 Å². The van der Waals surface area contributed by atoms with Gasteiger partial charge in [-0.05, 0) is 73.4 Å². The average Bonchev–Trinajstić information content (AvgIpc) is 3.10. The number of aliphatic hydroxyl groups excluding tert-OH is 1. The van der Waals surface area contributed by atoms with Gasteiger partial charge in [-0.3, -0.25) is 14.5 Å². The van der Waals surface area contributed by atoms with Crippen LogP contribution in [0.3, 0.4) is 0 Å². The molecule has 0 bridgehead atoms. The maximum absolute atomic E-state index is 13.4. The number of carbonyl (C=O) groups is 2. The summed E-state index contributed by atoms with van der Waals surface area (Å²) < 4.78 is 10.8. The van der Waals surface area contributed by atoms with E-state index in [1.807, 2.05) is 51.1 Å². The van der Waals surface area contributed by atoms with Gasteiger partial charge in [0.05, 0.1) is 25.8 Å². The summed E-state index contributed by atoms with van der Waals surface area (Å²) in [6, 6.07) is 17.3. The molecule has 1 aliphatic rings. The molecule has 0 spiro atoms. The Hall–Kier alpha value is -4.06. The fourth-order valence-electron chi connectivity index (χ4n) is 4.45. The van der Waals surface area contributed by atoms with Gasteiger partial charge in [-0.2, -0.15) is 0 Å². The van der Waals surface area contributed by atoms with E-state index in [4.69, 9.17) is 9.47 Å². The summed E-state index contributed by atoms with van der Waals surface area (Å²) in [7, 11) is 3.14. The maximum Gasteiger partial charge on any atom is 0.300 e. The van der Waals surface area contributed by atoms with Gasteiger partial charge in [0.1, 0.15) is 17.3 Å². The van der Waals surface area contributed by atoms with E-state index in [-0.39, 0.29) is 11.3 Å². The molecule has 1 fully saturated rings. The van der Waals surface area contributed by atoms with Crippen molar-refractivity contribution in [1.29, 1.82) is 0 Å². The maximum atomic E-state index is 13.4. The summed E-state index contributed by atoms with van der Waals surface area (Å²) >= 11 is 0. The van der Waals surface area contributed by atoms with Crippen molar-refractivity contribution in [3.63, 3.8) is 0 Å². The average molecular weight is 458 g/mol. The Morgan fingerprint density at radius 1 is 0.853 bits per heavy atom. The molecule has 1 unspecified atom stereocenters. The molecule has 1 amide bonds. The molecule has 3 aromatic rings. The Kier molecular flexibility index (Phi) is 6.16. The Morgan fingerprint density at radius 2 is 1.59 bits per heavy atom. The third-order valence-electron chi connectivity index (χ3n) is 6.23. The predicted molar refractivity (Wildman–Crippen MR) is 131 cm³/mol. The molecule has 174 valence electrons. The molecule has 0 radical (unpaired) electrons. The minimum absolute atomic E-state index is 0.0363. The largest absolute Gasteiger partial charge is 0.507 e. The Balaban J connectivity index is 2.00. The highest BCUT2D eigenvalue weighted by Crippen LogP contribution is 2.44. The first-order chi connectivity index (χ1) is 16.3. The molecule has 0 aliphatic carbocycles. The molecule has 6 heteroatoms. The lowest BCUT2D eigenvalue weighted by atomic mass is 9.92. The fourth-order valence-corrected chi connectivity index (χ4v) is 4.45. The van der Waals surface area contributed by atoms with Crippen molar-refractivity contribution >= 4 is 23.1 Å². The molecule has 6 nitrogen and oxygen atoms in total. The number of hydrogen-bond donors (Lipinski definition) is 1. The molecule has 34 heavy (non-hydrogen) atoms. The van der Waals surface area contributed by atoms with Crippen molar-refractivity contribution in [1.82, 2.24) is 0 Å². The van der Waals surface area contributed by atoms with Crippen LogP contribution in [-0.4, -0.2) is 31.0 Å². The second-order valence-corrected chi connectivity index (χ2v) is 8.37. The van der Waals surface area contributed by atoms with E-state index < -0.39 is 17.7 Å². The predicted octanol–water partition coefficient (Wildman–Crippen LogP) is 5.26. The molecule has 1 saturated heterocycles. The second-order valence-electron chi connectivity index (χ2n) is 8.37. The normalized spacial score (nSPS) is 17.2. The zero-order chi connectivity index (χ0) is 24.6. The summed E-state index contributed by atoms with van der Waals surface area (Å²) in [6.07, 6.45) is 0. The van der Waals surface area contributed by atoms with E-state index in [1.54, 1.807) is 44.6 Å². The summed E-state index contributed by atoms with van der Waals surface area (Å²) in [4.78, 5) is 28.2. The lowest BCUT2D eigenvalue weighted by Crippen LogP contribution is -2.30. The van der Waals surface area contributed by atoms with E-state index in [9.17, 15) is 14.7 Å². The first-order valence-electron chi connectivity index (χ1n) is 10.9. The summed E-state index contributed by atoms with van der Waals surface area (Å²) in [5.41, 5.74) is 4.16. The van der Waals surface area contributed by atoms with E-state index >= 15 is 0 Å². The number of hydrogen-bond acceptors (Lipinski definition) is 5. The van der Waals surface area contributed by atoms with Crippen LogP contribution in [0.2, 0.25) is 0 Å². The van der Waals surface area contributed by atoms with Crippen LogP contribution in [0.1, 0.15) is 33.9 Å². The van der Waals surface area contributed by atoms with Crippen LogP contribution in [0.5, 0.6) is 11.5 Å². The van der Waals surface area contributed by atoms with Gasteiger partial charge in [0.25, 0.3) is 11.7 Å². The van der Waals surface area contributed by atoms with Crippen LogP contribution in [-0.2, 0) is 9.59 Å². The monoisotopic (exact) mass is 457 g/mol. The number of methoxy groups -OCH3 is 2. The summed E-state index contributed by atoms with van der Waals surface area (Å²) in [6.45, 7) is 5.57. The molecule has 3 aromatic carbocycles. The standard InChI is InChI=1S/C28H27NO5/c1-16-9-6-7-12-22(16)29-25(19-10-8-11-20(15-19)33-4)24(27(31)28(29)32)26(30)21-13-18(3)23(34-5)14-17(21)2/h6-15,25,30H,1-5H3/b26-24+. The highest BCUT2D eigenvalue weighted by molar-refractivity contribution is 6.51. The number of anilines is 1. The molecular formula is C28H27NO5. The van der Waals surface area contributed by atoms with Gasteiger partial charge in [0.2, 0.25) is 0 Å². The molecule has 1 aliphatic heterocycles. The Labute approximate surface area is 199 Å². The van der Waals surface area contributed by atoms with Crippen LogP contribution in [0.4, 0.5) is 5.69 Å². The van der Waals surface area contributed by atoms with Crippen molar-refractivity contribution in [3.8, 4) is 11.5 Å². The van der Waals surface area contributed by atoms with Crippen LogP contribution < -0.4 is 14.4 Å². The molecule has 1 N–H and O–H groups in total. The first-order valence-corrected chi connectivity index (χ1v) is 10.9. The quantitative estimate of drug-likeness (QED) is 0.322. The molecule has 0 saturated carbocycles. The van der Waals surface area contributed by atoms with Gasteiger partial charge in [0.15, 0.2) is 0 Å². The smallest absolute Gasteiger partial charge is 0.300 e. The summed E-state index contributed by atoms with van der Waals surface area (Å²) in [5, 5.41) is 11.5. The molecular weight excluding hydrogens is 430 g/mol. The first kappa shape index (κ1) is 23.1. The number of Topliss-reactive ketones (excluding diaryl/α,β-unsaturated/α-hetero) is 1. The third-order valence-corrected chi connectivity index (χ3v) is 6.23. The molecule has 1 heterocycles. The minimum Gasteiger partial charge on any atom is -0.507 e. The zero-order valence-corrected chi connectivity index (χ0v) is 19.9. The third kappa shape index (κ3) is 3.81. The number of benzene rings is 3. The van der Waals surface area contributed by atoms with Gasteiger partial charge in [-0.15, -0.1) is 0 Å². The Morgan fingerprint density at radius 3 is 2.26 bits per heavy atom. The van der Waals surface area contributed by atoms with Crippen LogP contribution >= 0.6 is 0 Å². The van der Waals surface area contributed by atoms with Gasteiger partial charge < -0.3 is 14.6 Å². The molecule has 0 aromatic heterocycles. The molecule has 4 rings (SSSR count). The second kappa shape index (κ2) is 9.06. The van der Waals surface area contributed by atoms with Crippen LogP contribution in [0.15, 0.2) is 66.2 Å². The number of aliphatic hydroxyl groups is 1. The number of amides is 1. The van der Waals surface area contributed by atoms with E-state index in [1.165, 1.54) is 4.90 Å². The van der Waals surface area contributed by atoms with Gasteiger partial charge in [-0.1, -0.05) is 30.3 Å². The number of ketones is 1. The lowest BCUT2D eigenvalue weighted by Gasteiger charge is -2.27. The minimum atomic E-state index is -0.821. The SMILES string of the molecule is COc1cccc(C2/C(=C(\O)c3cc(C)c(OC)cc3C)C(=O)C(=O)N2c2ccccc2C)c1. The van der Waals surface area contributed by atoms with Crippen LogP contribution in [0, 0.1) is 20.8 Å². The zero-order valence-electron chi connectivity index (χ0n) is 19.9. The topological polar surface area (TPSA) is 76.1 Å². The van der Waals surface area contributed by atoms with Crippen molar-refractivity contribution < 1.29 is 24.2 Å². The van der Waals surface area contributed by atoms with Crippen molar-refractivity contribution in [2.75, 3.05) is 19.1 Å². The Bertz CT molecular complexity index is 1320. The van der Waals surface area contributed by atoms with Gasteiger partial charge in [0, 0.05) is 11.3 Å². The number of ether oxygens (including phenoxy) is 2. The molecule has 1 atom stereocenters. The van der Waals surface area contributed by atoms with E-state index in [2.05, 4.69) is 0 Å². The summed E-state index contributed by atoms with van der Waals surface area (Å²) in [5.74, 6) is -0.374. The lowest BCUT2D eigenvalue weighted by molar-refractivity contribution is -0.132. The number of para-hydroxylation sites is 1.